The van der Waals surface area contributed by atoms with Crippen molar-refractivity contribution in [1.82, 2.24) is 0 Å². The smallest absolute Gasteiger partial charge is 0.334 e. The lowest BCUT2D eigenvalue weighted by molar-refractivity contribution is -0.370. The summed E-state index contributed by atoms with van der Waals surface area (Å²) in [6.07, 6.45) is 4.12. The summed E-state index contributed by atoms with van der Waals surface area (Å²) in [6.45, 7) is 60.4. The largest absolute Gasteiger partial charge is 0.455 e. The quantitative estimate of drug-likeness (QED) is 0.0652. The van der Waals surface area contributed by atoms with Crippen LogP contribution in [0.1, 0.15) is 164 Å². The van der Waals surface area contributed by atoms with Gasteiger partial charge in [0.25, 0.3) is 0 Å². The highest BCUT2D eigenvalue weighted by atomic mass is 35.5. The molecule has 16 nitrogen and oxygen atoms in total. The van der Waals surface area contributed by atoms with Crippen LogP contribution in [0.5, 0.6) is 0 Å². The molecule has 0 aliphatic carbocycles. The standard InChI is InChI=1S/C71H131ClO16Si4/c1-45-34-33-35-55(85-89(25,26)67(9,10)11)57(77-22)42-58(64(83-59(74)43-72)71(79-24)51(7)60(86-90(27,28)68(12,13)14)50(6)56(84-71)41-53(73)44-76-21)81-65(75)49(5)40-47(3)38-46(2)39-48(4)54(37-36-45)82-66-63(88-92(31,32)70(18,19)20)62(61(78-23)52(8)80-66)87-91(29,30)69(15,16)17/h34,36-40,48,50-58,60-64,66,73H,33,35,41-44H2,1-32H3/b37-36+,45-34+,46-39+,47-38+,49-40?/t48-,50+,51-,52+,53-,54-,55+,56-,57+,58+,60+,61+,62-,63+,64-,66+,71-/m1/s1. The molecule has 2 fully saturated rings. The number of cyclic esters (lactones) is 1. The average Bonchev–Trinajstić information content (AvgIpc) is 0.744. The number of alkyl halides is 1. The Morgan fingerprint density at radius 2 is 1.22 bits per heavy atom. The van der Waals surface area contributed by atoms with Crippen LogP contribution in [0.2, 0.25) is 72.5 Å². The minimum Gasteiger partial charge on any atom is -0.455 e. The summed E-state index contributed by atoms with van der Waals surface area (Å²) in [5, 5.41) is 10.8. The van der Waals surface area contributed by atoms with Crippen molar-refractivity contribution >= 4 is 56.8 Å². The summed E-state index contributed by atoms with van der Waals surface area (Å²) in [5.41, 5.74) is 3.00. The summed E-state index contributed by atoms with van der Waals surface area (Å²) in [6, 6.07) is 0. The molecule has 534 valence electrons. The van der Waals surface area contributed by atoms with Gasteiger partial charge in [0.2, 0.25) is 5.79 Å². The Morgan fingerprint density at radius 1 is 0.696 bits per heavy atom. The number of ether oxygens (including phenoxy) is 9. The van der Waals surface area contributed by atoms with Crippen molar-refractivity contribution in [3.05, 3.63) is 58.7 Å². The SMILES string of the molecule is COC[C@H](O)C[C@H]1O[C@@](OC)([C@H](OC(=O)CCl)[C@@H]2C[C@H](OC)[C@@H](O[Si](C)(C)C(C)(C)C)CC/C=C(C)/C=C/[C@@H](O[C@@H]3O[C@@H](C)[C@H](OC)[C@@H](O[Si](C)(C)C(C)(C)C)[C@@H]3O[Si](C)(C)C(C)(C)C)[C@H](C)/C=C(C)/C=C(\C)C=C(C)C(=O)O2)[C@H](C)[C@@H](O[Si](C)(C)C(C)(C)C)[C@H]1C. The monoisotopic (exact) mass is 1390 g/mol. The summed E-state index contributed by atoms with van der Waals surface area (Å²) >= 11 is 6.39. The van der Waals surface area contributed by atoms with E-state index in [1.54, 1.807) is 27.2 Å². The molecule has 2 saturated heterocycles. The number of allylic oxidation sites excluding steroid dienone is 7. The average molecular weight is 1390 g/mol. The molecule has 0 radical (unpaired) electrons. The van der Waals surface area contributed by atoms with Crippen LogP contribution >= 0.6 is 11.6 Å². The zero-order valence-corrected chi connectivity index (χ0v) is 68.1. The molecule has 0 aromatic rings. The highest BCUT2D eigenvalue weighted by Crippen LogP contribution is 2.50. The molecule has 0 spiro atoms. The lowest BCUT2D eigenvalue weighted by Gasteiger charge is -2.56. The molecule has 92 heavy (non-hydrogen) atoms. The summed E-state index contributed by atoms with van der Waals surface area (Å²) in [7, 11) is -3.67. The van der Waals surface area contributed by atoms with Crippen molar-refractivity contribution in [1.29, 1.82) is 0 Å². The van der Waals surface area contributed by atoms with E-state index in [-0.39, 0.29) is 63.1 Å². The van der Waals surface area contributed by atoms with Gasteiger partial charge in [-0.25, -0.2) is 4.79 Å². The van der Waals surface area contributed by atoms with Crippen LogP contribution in [-0.4, -0.2) is 177 Å². The zero-order valence-electron chi connectivity index (χ0n) is 63.4. The molecule has 0 bridgehead atoms. The number of esters is 2. The Balaban J connectivity index is 2.47. The molecule has 0 amide bonds. The molecule has 3 aliphatic heterocycles. The van der Waals surface area contributed by atoms with E-state index in [1.165, 1.54) is 14.2 Å². The van der Waals surface area contributed by atoms with E-state index in [9.17, 15) is 9.90 Å². The zero-order chi connectivity index (χ0) is 70.9. The first-order chi connectivity index (χ1) is 41.9. The lowest BCUT2D eigenvalue weighted by atomic mass is 9.76. The van der Waals surface area contributed by atoms with Gasteiger partial charge in [0.1, 0.15) is 30.3 Å². The van der Waals surface area contributed by atoms with Crippen molar-refractivity contribution in [2.24, 2.45) is 17.8 Å². The Kier molecular flexibility index (Phi) is 31.2. The van der Waals surface area contributed by atoms with Crippen LogP contribution in [-0.2, 0) is 69.9 Å². The first-order valence-electron chi connectivity index (χ1n) is 33.8. The Hall–Kier alpha value is -1.68. The fourth-order valence-electron chi connectivity index (χ4n) is 11.4. The van der Waals surface area contributed by atoms with Crippen molar-refractivity contribution in [2.75, 3.05) is 40.9 Å². The number of halogens is 1. The van der Waals surface area contributed by atoms with Crippen LogP contribution in [0.15, 0.2) is 58.7 Å². The van der Waals surface area contributed by atoms with Crippen LogP contribution in [0.3, 0.4) is 0 Å². The Morgan fingerprint density at radius 3 is 1.71 bits per heavy atom. The Bertz CT molecular complexity index is 2520. The minimum atomic E-state index is -2.59. The number of aliphatic hydroxyl groups is 1. The van der Waals surface area contributed by atoms with Crippen LogP contribution < -0.4 is 0 Å². The number of carbonyl (C=O) groups is 2. The maximum atomic E-state index is 15.2. The second-order valence-electron chi connectivity index (χ2n) is 32.9. The van der Waals surface area contributed by atoms with Gasteiger partial charge < -0.3 is 65.4 Å². The normalized spacial score (nSPS) is 33.4. The van der Waals surface area contributed by atoms with E-state index in [0.29, 0.717) is 12.8 Å². The van der Waals surface area contributed by atoms with Crippen molar-refractivity contribution in [2.45, 2.75) is 322 Å². The highest BCUT2D eigenvalue weighted by Gasteiger charge is 2.63. The van der Waals surface area contributed by atoms with Gasteiger partial charge in [-0.2, -0.15) is 0 Å². The minimum absolute atomic E-state index is 0.0262. The number of rotatable bonds is 21. The van der Waals surface area contributed by atoms with E-state index < -0.39 is 136 Å². The molecule has 0 aromatic heterocycles. The maximum absolute atomic E-state index is 15.2. The Labute approximate surface area is 568 Å². The lowest BCUT2D eigenvalue weighted by Crippen LogP contribution is -2.69. The molecule has 3 heterocycles. The van der Waals surface area contributed by atoms with Crippen molar-refractivity contribution < 1.29 is 75.0 Å². The van der Waals surface area contributed by atoms with Gasteiger partial charge in [0.15, 0.2) is 45.7 Å². The molecule has 21 heteroatoms. The molecule has 17 atom stereocenters. The third-order valence-electron chi connectivity index (χ3n) is 21.3. The van der Waals surface area contributed by atoms with Gasteiger partial charge in [-0.3, -0.25) is 4.79 Å². The molecule has 0 aromatic carbocycles. The number of hydrogen-bond acceptors (Lipinski definition) is 16. The molecule has 3 rings (SSSR count). The molecule has 3 aliphatic rings. The van der Waals surface area contributed by atoms with Gasteiger partial charge in [0, 0.05) is 64.6 Å². The van der Waals surface area contributed by atoms with Gasteiger partial charge in [-0.05, 0) is 126 Å². The predicted molar refractivity (Wildman–Crippen MR) is 382 cm³/mol. The summed E-state index contributed by atoms with van der Waals surface area (Å²) in [5.74, 6) is -4.98. The molecule has 0 unspecified atom stereocenters. The van der Waals surface area contributed by atoms with Crippen LogP contribution in [0.4, 0.5) is 0 Å². The number of carbonyl (C=O) groups excluding carboxylic acids is 2. The van der Waals surface area contributed by atoms with Crippen molar-refractivity contribution in [3.8, 4) is 0 Å². The predicted octanol–water partition coefficient (Wildman–Crippen LogP) is 16.3. The fraction of sp³-hybridized carbons (Fsp3) is 0.831. The summed E-state index contributed by atoms with van der Waals surface area (Å²) < 4.78 is 89.6. The van der Waals surface area contributed by atoms with E-state index in [4.69, 9.17) is 71.9 Å². The first kappa shape index (κ1) is 84.5. The van der Waals surface area contributed by atoms with E-state index in [0.717, 1.165) is 16.7 Å². The molecular weight excluding hydrogens is 1260 g/mol. The van der Waals surface area contributed by atoms with E-state index in [1.807, 2.05) is 40.7 Å². The second-order valence-corrected chi connectivity index (χ2v) is 52.2. The van der Waals surface area contributed by atoms with Gasteiger partial charge in [-0.15, -0.1) is 11.6 Å². The van der Waals surface area contributed by atoms with Crippen LogP contribution in [0.25, 0.3) is 0 Å². The second kappa shape index (κ2) is 33.9. The third-order valence-corrected chi connectivity index (χ3v) is 39.4. The third kappa shape index (κ3) is 22.2. The number of aliphatic hydroxyl groups excluding tert-OH is 1. The van der Waals surface area contributed by atoms with Crippen LogP contribution in [0, 0.1) is 17.8 Å². The summed E-state index contributed by atoms with van der Waals surface area (Å²) in [4.78, 5) is 29.3. The maximum Gasteiger partial charge on any atom is 0.334 e. The molecule has 0 saturated carbocycles. The first-order valence-corrected chi connectivity index (χ1v) is 45.9. The van der Waals surface area contributed by atoms with Crippen molar-refractivity contribution in [3.63, 3.8) is 0 Å². The molecular formula is C71H131ClO16Si4. The molecule has 1 N–H and O–H groups in total. The number of methoxy groups -OCH3 is 4. The van der Waals surface area contributed by atoms with E-state index >= 15 is 4.79 Å². The van der Waals surface area contributed by atoms with Gasteiger partial charge >= 0.3 is 11.9 Å². The van der Waals surface area contributed by atoms with Gasteiger partial charge in [0.05, 0.1) is 49.3 Å². The number of hydrogen-bond donors (Lipinski definition) is 1. The highest BCUT2D eigenvalue weighted by molar-refractivity contribution is 6.75. The van der Waals surface area contributed by atoms with E-state index in [2.05, 4.69) is 174 Å². The fourth-order valence-corrected chi connectivity index (χ4v) is 16.9. The van der Waals surface area contributed by atoms with Gasteiger partial charge in [-0.1, -0.05) is 151 Å². The topological polar surface area (TPSA) is 174 Å².